The average molecular weight is 329 g/mol. The highest BCUT2D eigenvalue weighted by Crippen LogP contribution is 2.23. The SMILES string of the molecule is CN=c1scc(-c2cccc(Cl)c2)n1N=Cc1ccncc1. The average Bonchev–Trinajstić information content (AvgIpc) is 2.97. The molecule has 2 heterocycles. The lowest BCUT2D eigenvalue weighted by atomic mass is 10.2. The van der Waals surface area contributed by atoms with Gasteiger partial charge in [0, 0.05) is 35.4 Å². The molecule has 0 atom stereocenters. The number of thiazole rings is 1. The minimum Gasteiger partial charge on any atom is -0.265 e. The Morgan fingerprint density at radius 2 is 2.05 bits per heavy atom. The number of aromatic nitrogens is 2. The lowest BCUT2D eigenvalue weighted by Gasteiger charge is -2.03. The van der Waals surface area contributed by atoms with Crippen molar-refractivity contribution in [1.29, 1.82) is 0 Å². The van der Waals surface area contributed by atoms with Gasteiger partial charge in [0.05, 0.1) is 11.9 Å². The van der Waals surface area contributed by atoms with Crippen molar-refractivity contribution >= 4 is 29.2 Å². The first-order valence-corrected chi connectivity index (χ1v) is 7.87. The fourth-order valence-electron chi connectivity index (χ4n) is 1.98. The van der Waals surface area contributed by atoms with Crippen molar-refractivity contribution in [2.24, 2.45) is 10.1 Å². The molecule has 22 heavy (non-hydrogen) atoms. The Balaban J connectivity index is 2.07. The topological polar surface area (TPSA) is 42.5 Å². The van der Waals surface area contributed by atoms with Gasteiger partial charge in [-0.25, -0.2) is 4.68 Å². The van der Waals surface area contributed by atoms with E-state index in [-0.39, 0.29) is 0 Å². The maximum atomic E-state index is 6.09. The van der Waals surface area contributed by atoms with Gasteiger partial charge in [0.25, 0.3) is 0 Å². The molecule has 6 heteroatoms. The summed E-state index contributed by atoms with van der Waals surface area (Å²) >= 11 is 7.63. The van der Waals surface area contributed by atoms with E-state index >= 15 is 0 Å². The molecule has 0 bridgehead atoms. The largest absolute Gasteiger partial charge is 0.265 e. The zero-order valence-electron chi connectivity index (χ0n) is 11.8. The highest BCUT2D eigenvalue weighted by Gasteiger charge is 2.07. The first-order valence-electron chi connectivity index (χ1n) is 6.61. The molecule has 0 aliphatic heterocycles. The van der Waals surface area contributed by atoms with Gasteiger partial charge < -0.3 is 0 Å². The molecule has 3 aromatic rings. The maximum absolute atomic E-state index is 6.09. The Morgan fingerprint density at radius 3 is 2.77 bits per heavy atom. The van der Waals surface area contributed by atoms with Crippen molar-refractivity contribution in [3.05, 3.63) is 69.6 Å². The standard InChI is InChI=1S/C16H13ClN4S/c1-18-16-21(20-10-12-5-7-19-8-6-12)15(11-22-16)13-3-2-4-14(17)9-13/h2-11H,1H3. The van der Waals surface area contributed by atoms with Crippen LogP contribution < -0.4 is 4.80 Å². The second-order valence-corrected chi connectivity index (χ2v) is 5.75. The molecule has 0 unspecified atom stereocenters. The minimum atomic E-state index is 0.698. The summed E-state index contributed by atoms with van der Waals surface area (Å²) in [6, 6.07) is 11.5. The summed E-state index contributed by atoms with van der Waals surface area (Å²) in [6.07, 6.45) is 5.27. The first-order chi connectivity index (χ1) is 10.8. The third-order valence-corrected chi connectivity index (χ3v) is 4.17. The third kappa shape index (κ3) is 3.16. The van der Waals surface area contributed by atoms with Crippen LogP contribution in [0.5, 0.6) is 0 Å². The van der Waals surface area contributed by atoms with E-state index < -0.39 is 0 Å². The molecule has 0 N–H and O–H groups in total. The number of hydrogen-bond acceptors (Lipinski definition) is 4. The van der Waals surface area contributed by atoms with E-state index in [9.17, 15) is 0 Å². The van der Waals surface area contributed by atoms with Gasteiger partial charge in [-0.1, -0.05) is 23.7 Å². The molecule has 0 saturated heterocycles. The van der Waals surface area contributed by atoms with E-state index in [1.54, 1.807) is 25.7 Å². The van der Waals surface area contributed by atoms with Crippen LogP contribution in [0.2, 0.25) is 5.02 Å². The molecule has 110 valence electrons. The van der Waals surface area contributed by atoms with E-state index in [0.717, 1.165) is 21.6 Å². The Bertz CT molecular complexity index is 865. The van der Waals surface area contributed by atoms with Crippen LogP contribution in [0.1, 0.15) is 5.56 Å². The fraction of sp³-hybridized carbons (Fsp3) is 0.0625. The highest BCUT2D eigenvalue weighted by atomic mass is 35.5. The van der Waals surface area contributed by atoms with Crippen LogP contribution in [-0.2, 0) is 0 Å². The van der Waals surface area contributed by atoms with E-state index in [1.807, 2.05) is 46.5 Å². The van der Waals surface area contributed by atoms with Crippen molar-refractivity contribution in [3.8, 4) is 11.3 Å². The molecular formula is C16H13ClN4S. The predicted molar refractivity (Wildman–Crippen MR) is 91.5 cm³/mol. The van der Waals surface area contributed by atoms with Gasteiger partial charge in [0.1, 0.15) is 0 Å². The summed E-state index contributed by atoms with van der Waals surface area (Å²) in [6.45, 7) is 0. The molecule has 3 rings (SSSR count). The van der Waals surface area contributed by atoms with E-state index in [1.165, 1.54) is 11.3 Å². The number of pyridine rings is 1. The quantitative estimate of drug-likeness (QED) is 0.676. The number of rotatable bonds is 3. The molecule has 0 aliphatic rings. The number of benzene rings is 1. The van der Waals surface area contributed by atoms with Gasteiger partial charge in [0.15, 0.2) is 0 Å². The molecule has 0 amide bonds. The van der Waals surface area contributed by atoms with Crippen LogP contribution in [0.4, 0.5) is 0 Å². The first kappa shape index (κ1) is 14.7. The molecule has 1 aromatic carbocycles. The van der Waals surface area contributed by atoms with Crippen molar-refractivity contribution < 1.29 is 0 Å². The molecule has 0 fully saturated rings. The summed E-state index contributed by atoms with van der Waals surface area (Å²) in [5.41, 5.74) is 2.94. The zero-order valence-corrected chi connectivity index (χ0v) is 13.4. The number of nitrogens with zero attached hydrogens (tertiary/aromatic N) is 4. The van der Waals surface area contributed by atoms with Crippen LogP contribution >= 0.6 is 22.9 Å². The normalized spacial score (nSPS) is 12.2. The molecule has 0 spiro atoms. The smallest absolute Gasteiger partial charge is 0.205 e. The van der Waals surface area contributed by atoms with Gasteiger partial charge in [-0.2, -0.15) is 5.10 Å². The van der Waals surface area contributed by atoms with Crippen molar-refractivity contribution in [3.63, 3.8) is 0 Å². The second kappa shape index (κ2) is 6.68. The van der Waals surface area contributed by atoms with Crippen molar-refractivity contribution in [1.82, 2.24) is 9.66 Å². The summed E-state index contributed by atoms with van der Waals surface area (Å²) in [7, 11) is 1.76. The van der Waals surface area contributed by atoms with E-state index in [4.69, 9.17) is 11.6 Å². The van der Waals surface area contributed by atoms with E-state index in [2.05, 4.69) is 15.1 Å². The van der Waals surface area contributed by atoms with E-state index in [0.29, 0.717) is 5.02 Å². The highest BCUT2D eigenvalue weighted by molar-refractivity contribution is 7.07. The fourth-order valence-corrected chi connectivity index (χ4v) is 2.98. The Morgan fingerprint density at radius 1 is 1.23 bits per heavy atom. The van der Waals surface area contributed by atoms with Crippen LogP contribution in [0, 0.1) is 0 Å². The second-order valence-electron chi connectivity index (χ2n) is 4.47. The molecule has 4 nitrogen and oxygen atoms in total. The van der Waals surface area contributed by atoms with Crippen LogP contribution in [-0.4, -0.2) is 22.9 Å². The Hall–Kier alpha value is -2.24. The van der Waals surface area contributed by atoms with Crippen molar-refractivity contribution in [2.45, 2.75) is 0 Å². The predicted octanol–water partition coefficient (Wildman–Crippen LogP) is 3.68. The summed E-state index contributed by atoms with van der Waals surface area (Å²) in [5.74, 6) is 0. The molecule has 0 saturated carbocycles. The summed E-state index contributed by atoms with van der Waals surface area (Å²) in [4.78, 5) is 9.09. The lowest BCUT2D eigenvalue weighted by molar-refractivity contribution is 0.848. The lowest BCUT2D eigenvalue weighted by Crippen LogP contribution is -2.11. The number of halogens is 1. The van der Waals surface area contributed by atoms with Crippen LogP contribution in [0.3, 0.4) is 0 Å². The van der Waals surface area contributed by atoms with Gasteiger partial charge in [-0.05, 0) is 29.8 Å². The van der Waals surface area contributed by atoms with Gasteiger partial charge in [-0.15, -0.1) is 11.3 Å². The Kier molecular flexibility index (Phi) is 4.46. The molecule has 0 aliphatic carbocycles. The summed E-state index contributed by atoms with van der Waals surface area (Å²) in [5, 5.41) is 7.27. The molecule has 0 radical (unpaired) electrons. The van der Waals surface area contributed by atoms with Gasteiger partial charge in [0.2, 0.25) is 4.80 Å². The number of hydrogen-bond donors (Lipinski definition) is 0. The molecular weight excluding hydrogens is 316 g/mol. The molecule has 2 aromatic heterocycles. The van der Waals surface area contributed by atoms with Crippen molar-refractivity contribution in [2.75, 3.05) is 7.05 Å². The maximum Gasteiger partial charge on any atom is 0.205 e. The van der Waals surface area contributed by atoms with Crippen LogP contribution in [0.25, 0.3) is 11.3 Å². The monoisotopic (exact) mass is 328 g/mol. The summed E-state index contributed by atoms with van der Waals surface area (Å²) < 4.78 is 1.82. The van der Waals surface area contributed by atoms with Gasteiger partial charge >= 0.3 is 0 Å². The third-order valence-electron chi connectivity index (χ3n) is 3.03. The zero-order chi connectivity index (χ0) is 15.4. The van der Waals surface area contributed by atoms with Crippen LogP contribution in [0.15, 0.2) is 64.3 Å². The Labute approximate surface area is 137 Å². The van der Waals surface area contributed by atoms with Gasteiger partial charge in [-0.3, -0.25) is 9.98 Å². The minimum absolute atomic E-state index is 0.698.